The molecule has 6 heteroatoms. The van der Waals surface area contributed by atoms with Gasteiger partial charge in [-0.05, 0) is 22.3 Å². The number of benzene rings is 2. The van der Waals surface area contributed by atoms with Crippen LogP contribution in [0.5, 0.6) is 0 Å². The van der Waals surface area contributed by atoms with E-state index in [1.807, 2.05) is 36.4 Å². The number of ether oxygens (including phenoxy) is 2. The molecular weight excluding hydrogens is 334 g/mol. The van der Waals surface area contributed by atoms with E-state index >= 15 is 0 Å². The Labute approximate surface area is 151 Å². The highest BCUT2D eigenvalue weighted by Crippen LogP contribution is 2.44. The third kappa shape index (κ3) is 2.82. The summed E-state index contributed by atoms with van der Waals surface area (Å²) in [5.41, 5.74) is 4.55. The summed E-state index contributed by atoms with van der Waals surface area (Å²) in [4.78, 5) is 25.0. The summed E-state index contributed by atoms with van der Waals surface area (Å²) in [5.74, 6) is -1.13. The Bertz CT molecular complexity index is 804. The van der Waals surface area contributed by atoms with E-state index < -0.39 is 18.1 Å². The van der Waals surface area contributed by atoms with E-state index in [0.717, 1.165) is 22.3 Å². The second-order valence-electron chi connectivity index (χ2n) is 6.43. The molecule has 0 spiro atoms. The van der Waals surface area contributed by atoms with Crippen LogP contribution >= 0.6 is 0 Å². The van der Waals surface area contributed by atoms with Crippen LogP contribution < -0.4 is 0 Å². The largest absolute Gasteiger partial charge is 0.480 e. The van der Waals surface area contributed by atoms with E-state index in [0.29, 0.717) is 6.61 Å². The van der Waals surface area contributed by atoms with Gasteiger partial charge in [-0.15, -0.1) is 0 Å². The van der Waals surface area contributed by atoms with Crippen LogP contribution in [0.4, 0.5) is 4.79 Å². The summed E-state index contributed by atoms with van der Waals surface area (Å²) in [7, 11) is 0. The van der Waals surface area contributed by atoms with Crippen molar-refractivity contribution in [3.63, 3.8) is 0 Å². The van der Waals surface area contributed by atoms with Crippen molar-refractivity contribution >= 4 is 12.1 Å². The third-order valence-electron chi connectivity index (χ3n) is 4.98. The lowest BCUT2D eigenvalue weighted by Gasteiger charge is -2.32. The fourth-order valence-electron chi connectivity index (χ4n) is 3.70. The molecule has 6 nitrogen and oxygen atoms in total. The van der Waals surface area contributed by atoms with Crippen LogP contribution in [0.1, 0.15) is 17.0 Å². The molecule has 2 aliphatic rings. The molecule has 0 aromatic heterocycles. The number of morpholine rings is 1. The van der Waals surface area contributed by atoms with Crippen LogP contribution in [0.15, 0.2) is 48.5 Å². The summed E-state index contributed by atoms with van der Waals surface area (Å²) in [6, 6.07) is 15.2. The van der Waals surface area contributed by atoms with Crippen LogP contribution in [0, 0.1) is 0 Å². The van der Waals surface area contributed by atoms with Crippen molar-refractivity contribution in [3.8, 4) is 11.1 Å². The van der Waals surface area contributed by atoms with Gasteiger partial charge in [0.05, 0.1) is 13.2 Å². The van der Waals surface area contributed by atoms with Crippen molar-refractivity contribution < 1.29 is 24.2 Å². The highest BCUT2D eigenvalue weighted by molar-refractivity contribution is 5.81. The number of carbonyl (C=O) groups excluding carboxylic acids is 1. The Morgan fingerprint density at radius 2 is 1.69 bits per heavy atom. The van der Waals surface area contributed by atoms with Gasteiger partial charge in [-0.2, -0.15) is 0 Å². The van der Waals surface area contributed by atoms with Crippen LogP contribution in [-0.2, 0) is 14.3 Å². The van der Waals surface area contributed by atoms with Gasteiger partial charge in [0.1, 0.15) is 6.61 Å². The molecule has 1 N–H and O–H groups in total. The maximum Gasteiger partial charge on any atom is 0.410 e. The van der Waals surface area contributed by atoms with E-state index in [9.17, 15) is 14.7 Å². The number of rotatable bonds is 3. The first-order valence-corrected chi connectivity index (χ1v) is 8.59. The van der Waals surface area contributed by atoms with E-state index in [1.54, 1.807) is 0 Å². The molecule has 1 aliphatic heterocycles. The van der Waals surface area contributed by atoms with Crippen molar-refractivity contribution in [2.75, 3.05) is 26.4 Å². The predicted molar refractivity (Wildman–Crippen MR) is 94.0 cm³/mol. The molecule has 2 aromatic rings. The predicted octanol–water partition coefficient (Wildman–Crippen LogP) is 2.72. The Balaban J connectivity index is 1.53. The van der Waals surface area contributed by atoms with Gasteiger partial charge in [0.2, 0.25) is 0 Å². The molecule has 0 saturated carbocycles. The quantitative estimate of drug-likeness (QED) is 0.918. The topological polar surface area (TPSA) is 76.1 Å². The molecule has 2 aromatic carbocycles. The van der Waals surface area contributed by atoms with Crippen molar-refractivity contribution in [3.05, 3.63) is 59.7 Å². The van der Waals surface area contributed by atoms with Crippen molar-refractivity contribution in [1.29, 1.82) is 0 Å². The third-order valence-corrected chi connectivity index (χ3v) is 4.98. The number of carbonyl (C=O) groups is 2. The van der Waals surface area contributed by atoms with Gasteiger partial charge in [-0.1, -0.05) is 48.5 Å². The summed E-state index contributed by atoms with van der Waals surface area (Å²) < 4.78 is 10.7. The van der Waals surface area contributed by atoms with Gasteiger partial charge in [0.25, 0.3) is 0 Å². The first-order chi connectivity index (χ1) is 12.7. The maximum atomic E-state index is 12.5. The minimum Gasteiger partial charge on any atom is -0.480 e. The summed E-state index contributed by atoms with van der Waals surface area (Å²) in [6.07, 6.45) is -0.609. The lowest BCUT2D eigenvalue weighted by molar-refractivity contribution is -0.148. The van der Waals surface area contributed by atoms with Gasteiger partial charge < -0.3 is 14.6 Å². The number of nitrogens with zero attached hydrogens (tertiary/aromatic N) is 1. The number of carboxylic acid groups (broad SMARTS) is 1. The monoisotopic (exact) mass is 353 g/mol. The van der Waals surface area contributed by atoms with E-state index in [4.69, 9.17) is 9.47 Å². The molecule has 0 bridgehead atoms. The minimum absolute atomic E-state index is 0.0144. The summed E-state index contributed by atoms with van der Waals surface area (Å²) >= 11 is 0. The molecular formula is C20H19NO5. The number of carboxylic acids is 1. The molecule has 134 valence electrons. The van der Waals surface area contributed by atoms with Crippen molar-refractivity contribution in [2.45, 2.75) is 12.0 Å². The zero-order valence-corrected chi connectivity index (χ0v) is 14.1. The van der Waals surface area contributed by atoms with E-state index in [1.165, 1.54) is 4.90 Å². The first kappa shape index (κ1) is 16.6. The van der Waals surface area contributed by atoms with Gasteiger partial charge in [-0.25, -0.2) is 9.59 Å². The minimum atomic E-state index is -1.08. The Morgan fingerprint density at radius 3 is 2.31 bits per heavy atom. The van der Waals surface area contributed by atoms with Gasteiger partial charge in [0.15, 0.2) is 6.04 Å². The second-order valence-corrected chi connectivity index (χ2v) is 6.43. The molecule has 1 saturated heterocycles. The summed E-state index contributed by atoms with van der Waals surface area (Å²) in [5, 5.41) is 9.27. The molecule has 0 unspecified atom stereocenters. The molecule has 1 aliphatic carbocycles. The number of hydrogen-bond acceptors (Lipinski definition) is 4. The molecule has 1 fully saturated rings. The van der Waals surface area contributed by atoms with Crippen molar-refractivity contribution in [2.24, 2.45) is 0 Å². The smallest absolute Gasteiger partial charge is 0.410 e. The fraction of sp³-hybridized carbons (Fsp3) is 0.300. The van der Waals surface area contributed by atoms with Gasteiger partial charge in [-0.3, -0.25) is 4.90 Å². The van der Waals surface area contributed by atoms with Crippen molar-refractivity contribution in [1.82, 2.24) is 4.90 Å². The zero-order valence-electron chi connectivity index (χ0n) is 14.1. The molecule has 26 heavy (non-hydrogen) atoms. The van der Waals surface area contributed by atoms with Crippen LogP contribution in [0.2, 0.25) is 0 Å². The zero-order chi connectivity index (χ0) is 18.1. The summed E-state index contributed by atoms with van der Waals surface area (Å²) in [6.45, 7) is 0.692. The SMILES string of the molecule is O=C(O)[C@H]1COCCN1C(=O)OCC1c2ccccc2-c2ccccc21. The number of amides is 1. The van der Waals surface area contributed by atoms with E-state index in [2.05, 4.69) is 12.1 Å². The lowest BCUT2D eigenvalue weighted by atomic mass is 9.98. The molecule has 1 heterocycles. The fourth-order valence-corrected chi connectivity index (χ4v) is 3.70. The number of aliphatic carboxylic acids is 1. The van der Waals surface area contributed by atoms with Crippen LogP contribution in [0.3, 0.4) is 0 Å². The van der Waals surface area contributed by atoms with Gasteiger partial charge in [0, 0.05) is 12.5 Å². The van der Waals surface area contributed by atoms with E-state index in [-0.39, 0.29) is 25.7 Å². The number of fused-ring (bicyclic) bond motifs is 3. The highest BCUT2D eigenvalue weighted by atomic mass is 16.6. The highest BCUT2D eigenvalue weighted by Gasteiger charge is 2.35. The average molecular weight is 353 g/mol. The molecule has 1 atom stereocenters. The molecule has 1 amide bonds. The second kappa shape index (κ2) is 6.80. The normalized spacial score (nSPS) is 18.9. The van der Waals surface area contributed by atoms with Crippen LogP contribution in [-0.4, -0.2) is 54.5 Å². The lowest BCUT2D eigenvalue weighted by Crippen LogP contribution is -2.52. The van der Waals surface area contributed by atoms with Gasteiger partial charge >= 0.3 is 12.1 Å². The Morgan fingerprint density at radius 1 is 1.08 bits per heavy atom. The molecule has 4 rings (SSSR count). The molecule has 0 radical (unpaired) electrons. The maximum absolute atomic E-state index is 12.5. The Hall–Kier alpha value is -2.86. The van der Waals surface area contributed by atoms with Crippen LogP contribution in [0.25, 0.3) is 11.1 Å². The number of hydrogen-bond donors (Lipinski definition) is 1. The Kier molecular flexibility index (Phi) is 4.34. The standard InChI is InChI=1S/C20H19NO5/c22-19(23)18-12-25-10-9-21(18)20(24)26-11-17-15-7-3-1-5-13(15)14-6-2-4-8-16(14)17/h1-8,17-18H,9-12H2,(H,22,23)/t18-/m1/s1. The first-order valence-electron chi connectivity index (χ1n) is 8.59. The average Bonchev–Trinajstić information content (AvgIpc) is 3.00.